The van der Waals surface area contributed by atoms with E-state index in [9.17, 15) is 52.7 Å². The number of ether oxygens (including phenoxy) is 2. The number of carbonyl (C=O) groups is 8. The van der Waals surface area contributed by atoms with E-state index in [-0.39, 0.29) is 92.0 Å². The number of urea groups is 1. The van der Waals surface area contributed by atoms with Gasteiger partial charge in [-0.15, -0.1) is 23.2 Å². The van der Waals surface area contributed by atoms with Crippen LogP contribution in [-0.4, -0.2) is 166 Å². The predicted molar refractivity (Wildman–Crippen MR) is 359 cm³/mol. The molecule has 2 aliphatic heterocycles. The summed E-state index contributed by atoms with van der Waals surface area (Å²) in [6, 6.07) is 5.95. The molecular weight excluding hydrogens is 1300 g/mol. The molecule has 9 amide bonds. The molecule has 5 aliphatic rings. The summed E-state index contributed by atoms with van der Waals surface area (Å²) in [5, 5.41) is 15.0. The van der Waals surface area contributed by atoms with Crippen LogP contribution in [0, 0.1) is 30.6 Å². The van der Waals surface area contributed by atoms with Crippen LogP contribution in [0.3, 0.4) is 0 Å². The lowest BCUT2D eigenvalue weighted by Crippen LogP contribution is -2.73. The number of aryl methyl sites for hydroxylation is 2. The van der Waals surface area contributed by atoms with E-state index in [1.165, 1.54) is 17.9 Å². The molecule has 3 fully saturated rings. The Hall–Kier alpha value is -7.72. The van der Waals surface area contributed by atoms with Gasteiger partial charge in [-0.2, -0.15) is 0 Å². The average Bonchev–Trinajstić information content (AvgIpc) is 0.898. The number of aromatic amines is 2. The molecule has 27 nitrogen and oxygen atoms in total. The van der Waals surface area contributed by atoms with Crippen molar-refractivity contribution in [3.63, 3.8) is 0 Å². The maximum Gasteiger partial charge on any atom is 0.524 e. The number of halogens is 2. The third kappa shape index (κ3) is 15.0. The fourth-order valence-corrected chi connectivity index (χ4v) is 14.5. The molecule has 4 heterocycles. The number of anilines is 3. The van der Waals surface area contributed by atoms with Crippen LogP contribution in [0.1, 0.15) is 112 Å². The summed E-state index contributed by atoms with van der Waals surface area (Å²) < 4.78 is 29.3. The number of phosphoric ester groups is 1. The highest BCUT2D eigenvalue weighted by atomic mass is 35.5. The number of nitrogens with zero attached hydrogens (tertiary/aromatic N) is 4. The summed E-state index contributed by atoms with van der Waals surface area (Å²) in [5.41, 5.74) is 15.7. The van der Waals surface area contributed by atoms with Crippen molar-refractivity contribution in [2.75, 3.05) is 80.2 Å². The van der Waals surface area contributed by atoms with E-state index in [2.05, 4.69) is 36.6 Å². The lowest BCUT2D eigenvalue weighted by molar-refractivity contribution is -0.205. The van der Waals surface area contributed by atoms with Gasteiger partial charge in [0, 0.05) is 118 Å². The van der Waals surface area contributed by atoms with Crippen LogP contribution < -0.4 is 57.1 Å². The topological polar surface area (TPSA) is 379 Å². The minimum absolute atomic E-state index is 0.0834. The first-order valence-electron chi connectivity index (χ1n) is 31.1. The minimum Gasteiger partial charge on any atom is -0.445 e. The van der Waals surface area contributed by atoms with Crippen molar-refractivity contribution in [3.8, 4) is 11.5 Å². The molecule has 0 saturated heterocycles. The van der Waals surface area contributed by atoms with Crippen LogP contribution in [0.25, 0.3) is 21.8 Å². The van der Waals surface area contributed by atoms with E-state index >= 15 is 0 Å². The average molecular weight is 1380 g/mol. The van der Waals surface area contributed by atoms with E-state index in [0.717, 1.165) is 27.6 Å². The first kappa shape index (κ1) is 70.6. The summed E-state index contributed by atoms with van der Waals surface area (Å²) in [6.45, 7) is 9.94. The Morgan fingerprint density at radius 2 is 1.30 bits per heavy atom. The number of benzene rings is 3. The van der Waals surface area contributed by atoms with Crippen LogP contribution in [0.5, 0.6) is 11.5 Å². The molecule has 94 heavy (non-hydrogen) atoms. The Morgan fingerprint density at radius 3 is 1.82 bits per heavy atom. The molecule has 0 radical (unpaired) electrons. The smallest absolute Gasteiger partial charge is 0.445 e. The molecule has 2 bridgehead atoms. The van der Waals surface area contributed by atoms with Crippen molar-refractivity contribution >= 4 is 135 Å². The molecule has 508 valence electrons. The molecule has 0 spiro atoms. The largest absolute Gasteiger partial charge is 0.524 e. The summed E-state index contributed by atoms with van der Waals surface area (Å²) in [6.07, 6.45) is 5.72. The number of H-pyrrole nitrogens is 2. The van der Waals surface area contributed by atoms with E-state index in [1.807, 2.05) is 20.0 Å². The van der Waals surface area contributed by atoms with Gasteiger partial charge in [0.05, 0.1) is 33.2 Å². The van der Waals surface area contributed by atoms with Gasteiger partial charge < -0.3 is 81.6 Å². The third-order valence-electron chi connectivity index (χ3n) is 18.2. The molecule has 5 aromatic rings. The number of fused-ring (bicyclic) bond motifs is 6. The van der Waals surface area contributed by atoms with E-state index in [0.29, 0.717) is 96.4 Å². The Bertz CT molecular complexity index is 3800. The van der Waals surface area contributed by atoms with Crippen molar-refractivity contribution in [1.82, 2.24) is 41.0 Å². The third-order valence-corrected chi connectivity index (χ3v) is 19.7. The van der Waals surface area contributed by atoms with Gasteiger partial charge in [0.2, 0.25) is 35.4 Å². The fraction of sp³-hybridized carbons (Fsp3) is 0.508. The predicted octanol–water partition coefficient (Wildman–Crippen LogP) is 6.46. The maximum atomic E-state index is 15.0. The number of nitrogens with one attached hydrogen (secondary N) is 7. The van der Waals surface area contributed by atoms with Crippen LogP contribution in [0.15, 0.2) is 48.8 Å². The SMILES string of the molecule is CC(=O)NC(CCCCN)C(=O)NC(C(=O)NC(CCCNC(N)=O)C(=O)Nc1ccc(COC(=O)N(C)CCN(C)C(=S)Oc2cc3c(c4c(C)c[nH]c24)C(CCl)CN3C(=O)C23CC(C(=O)N4CC(CCl)c5c4cc(OP(=O)(O)O)c4[nH]cc(C)c54)(C2)C3)cc1)C(C)C. The van der Waals surface area contributed by atoms with Gasteiger partial charge in [0.25, 0.3) is 5.17 Å². The minimum atomic E-state index is -4.98. The summed E-state index contributed by atoms with van der Waals surface area (Å²) in [4.78, 5) is 140. The van der Waals surface area contributed by atoms with Crippen molar-refractivity contribution in [2.45, 2.75) is 123 Å². The normalized spacial score (nSPS) is 19.4. The van der Waals surface area contributed by atoms with Gasteiger partial charge in [0.1, 0.15) is 24.7 Å². The second-order valence-electron chi connectivity index (χ2n) is 25.5. The highest BCUT2D eigenvalue weighted by molar-refractivity contribution is 7.80. The zero-order valence-electron chi connectivity index (χ0n) is 53.5. The second-order valence-corrected chi connectivity index (χ2v) is 27.6. The van der Waals surface area contributed by atoms with E-state index in [4.69, 9.17) is 60.9 Å². The number of unbranched alkanes of at least 4 members (excludes halogenated alkanes) is 1. The number of primary amides is 1. The first-order chi connectivity index (χ1) is 44.5. The molecule has 3 saturated carbocycles. The lowest BCUT2D eigenvalue weighted by atomic mass is 9.34. The number of carbonyl (C=O) groups excluding carboxylic acids is 8. The molecule has 2 aromatic heterocycles. The van der Waals surface area contributed by atoms with Gasteiger partial charge >= 0.3 is 19.9 Å². The van der Waals surface area contributed by atoms with Gasteiger partial charge in [-0.3, -0.25) is 38.6 Å². The summed E-state index contributed by atoms with van der Waals surface area (Å²) in [5.74, 6) is -2.70. The molecule has 13 N–H and O–H groups in total. The van der Waals surface area contributed by atoms with Gasteiger partial charge in [-0.05, 0) is 130 Å². The Balaban J connectivity index is 0.788. The van der Waals surface area contributed by atoms with Crippen LogP contribution in [0.4, 0.5) is 26.7 Å². The Morgan fingerprint density at radius 1 is 0.766 bits per heavy atom. The molecule has 5 unspecified atom stereocenters. The lowest BCUT2D eigenvalue weighted by Gasteiger charge is -2.69. The second kappa shape index (κ2) is 29.1. The molecule has 5 atom stereocenters. The standard InChI is InChI=1S/C63H82Cl2N13O14PS/c1-33(2)51(74-55(81)41(71-36(5)79)11-8-9-17-66)56(82)73-42(12-10-18-68-59(67)85)54(80)72-40-15-13-37(14-16-40)29-90-60(86)75(6)19-20-76(7)61(94)91-45-21-43-49(47-34(3)25-69-52(45)47)38(23-64)27-77(43)57(83)62-30-63(31-62,32-62)58(84)78-28-39(24-65)50-44(78)22-46(92-93(87,88)89)53-48(50)35(4)26-70-53/h13-16,21-22,25-26,33,38-39,41-42,51,69-70H,8-12,17-20,23-24,27-32,66H2,1-7H3,(H,71,79)(H,72,80)(H,73,82)(H,74,81)(H3,67,68,85)(H2,87,88,89). The highest BCUT2D eigenvalue weighted by Gasteiger charge is 2.76. The molecule has 3 aromatic carbocycles. The summed E-state index contributed by atoms with van der Waals surface area (Å²) >= 11 is 19.0. The van der Waals surface area contributed by atoms with Crippen LogP contribution >= 0.6 is 43.2 Å². The van der Waals surface area contributed by atoms with Crippen molar-refractivity contribution in [3.05, 3.63) is 76.6 Å². The van der Waals surface area contributed by atoms with Crippen LogP contribution in [-0.2, 0) is 44.7 Å². The molecule has 10 rings (SSSR count). The summed E-state index contributed by atoms with van der Waals surface area (Å²) in [7, 11) is -1.69. The number of phosphoric acid groups is 1. The van der Waals surface area contributed by atoms with E-state index in [1.54, 1.807) is 79.2 Å². The van der Waals surface area contributed by atoms with E-state index < -0.39 is 78.4 Å². The maximum absolute atomic E-state index is 15.0. The fourth-order valence-electron chi connectivity index (χ4n) is 13.4. The highest BCUT2D eigenvalue weighted by Crippen LogP contribution is 2.75. The molecular formula is C63H82Cl2N13O14PS. The quantitative estimate of drug-likeness (QED) is 0.0111. The van der Waals surface area contributed by atoms with Gasteiger partial charge in [-0.1, -0.05) is 26.0 Å². The zero-order valence-corrected chi connectivity index (χ0v) is 56.7. The number of hydrogen-bond acceptors (Lipinski definition) is 14. The Kier molecular flexibility index (Phi) is 21.9. The van der Waals surface area contributed by atoms with Crippen molar-refractivity contribution in [1.29, 1.82) is 0 Å². The number of amides is 9. The zero-order chi connectivity index (χ0) is 68.3. The number of nitrogens with two attached hydrogens (primary N) is 2. The van der Waals surface area contributed by atoms with Crippen LogP contribution in [0.2, 0.25) is 0 Å². The van der Waals surface area contributed by atoms with Gasteiger partial charge in [0.15, 0.2) is 11.5 Å². The van der Waals surface area contributed by atoms with Gasteiger partial charge in [-0.25, -0.2) is 14.2 Å². The van der Waals surface area contributed by atoms with Crippen molar-refractivity contribution < 1.29 is 66.7 Å². The number of likely N-dealkylation sites (N-methyl/N-ethyl adjacent to an activating group) is 2. The molecule has 3 aliphatic carbocycles. The molecule has 31 heteroatoms. The monoisotopic (exact) mass is 1380 g/mol. The Labute approximate surface area is 558 Å². The number of aromatic nitrogens is 2. The first-order valence-corrected chi connectivity index (χ1v) is 34.2. The number of thiocarbonyl (C=S) groups is 1. The number of hydrogen-bond donors (Lipinski definition) is 11. The number of rotatable bonds is 28. The van der Waals surface area contributed by atoms with Crippen molar-refractivity contribution in [2.24, 2.45) is 28.2 Å². The number of alkyl halides is 2.